The van der Waals surface area contributed by atoms with Crippen LogP contribution in [0.2, 0.25) is 0 Å². The van der Waals surface area contributed by atoms with Gasteiger partial charge in [0.25, 0.3) is 0 Å². The number of pyridine rings is 1. The van der Waals surface area contributed by atoms with Gasteiger partial charge in [0.15, 0.2) is 11.5 Å². The number of hydrogen-bond donors (Lipinski definition) is 2. The summed E-state index contributed by atoms with van der Waals surface area (Å²) in [6, 6.07) is 9.78. The average Bonchev–Trinajstić information content (AvgIpc) is 2.70. The van der Waals surface area contributed by atoms with Gasteiger partial charge in [0.2, 0.25) is 5.91 Å². The molecule has 27 heavy (non-hydrogen) atoms. The minimum Gasteiger partial charge on any atom is -0.493 e. The first-order valence-electron chi connectivity index (χ1n) is 9.41. The first kappa shape index (κ1) is 19.0. The number of amides is 1. The number of methoxy groups -OCH3 is 2. The smallest absolute Gasteiger partial charge is 0.228 e. The fourth-order valence-corrected chi connectivity index (χ4v) is 3.39. The van der Waals surface area contributed by atoms with Crippen molar-refractivity contribution in [3.05, 3.63) is 42.1 Å². The molecule has 3 rings (SSSR count). The Morgan fingerprint density at radius 2 is 1.85 bits per heavy atom. The molecule has 1 fully saturated rings. The molecule has 0 bridgehead atoms. The number of hydrogen-bond acceptors (Lipinski definition) is 5. The van der Waals surface area contributed by atoms with E-state index in [1.807, 2.05) is 24.3 Å². The Morgan fingerprint density at radius 1 is 1.07 bits per heavy atom. The molecule has 2 N–H and O–H groups in total. The number of anilines is 2. The van der Waals surface area contributed by atoms with Crippen LogP contribution in [0.3, 0.4) is 0 Å². The van der Waals surface area contributed by atoms with E-state index in [9.17, 15) is 4.79 Å². The number of nitrogens with one attached hydrogen (secondary N) is 2. The molecule has 2 aromatic rings. The summed E-state index contributed by atoms with van der Waals surface area (Å²) in [7, 11) is 3.17. The van der Waals surface area contributed by atoms with Crippen LogP contribution in [0.5, 0.6) is 11.5 Å². The van der Waals surface area contributed by atoms with Crippen molar-refractivity contribution in [1.29, 1.82) is 0 Å². The fraction of sp³-hybridized carbons (Fsp3) is 0.429. The molecule has 0 spiro atoms. The van der Waals surface area contributed by atoms with Crippen LogP contribution in [0.1, 0.15) is 37.7 Å². The maximum atomic E-state index is 12.3. The molecule has 0 radical (unpaired) electrons. The molecule has 0 atom stereocenters. The molecule has 1 aromatic carbocycles. The number of aromatic nitrogens is 1. The zero-order valence-electron chi connectivity index (χ0n) is 16.0. The van der Waals surface area contributed by atoms with E-state index in [0.29, 0.717) is 23.2 Å². The third-order valence-electron chi connectivity index (χ3n) is 4.82. The third kappa shape index (κ3) is 5.36. The van der Waals surface area contributed by atoms with Crippen LogP contribution in [0, 0.1) is 0 Å². The third-order valence-corrected chi connectivity index (χ3v) is 4.82. The highest BCUT2D eigenvalue weighted by Gasteiger charge is 2.13. The van der Waals surface area contributed by atoms with Crippen LogP contribution in [-0.4, -0.2) is 31.2 Å². The fourth-order valence-electron chi connectivity index (χ4n) is 3.39. The Hall–Kier alpha value is -2.76. The summed E-state index contributed by atoms with van der Waals surface area (Å²) in [5.74, 6) is 2.02. The van der Waals surface area contributed by atoms with Crippen molar-refractivity contribution in [2.45, 2.75) is 44.6 Å². The molecule has 1 amide bonds. The van der Waals surface area contributed by atoms with E-state index in [0.717, 1.165) is 11.4 Å². The van der Waals surface area contributed by atoms with Gasteiger partial charge in [-0.3, -0.25) is 4.79 Å². The predicted octanol–water partition coefficient (Wildman–Crippen LogP) is 4.02. The van der Waals surface area contributed by atoms with Gasteiger partial charge >= 0.3 is 0 Å². The molecule has 6 nitrogen and oxygen atoms in total. The number of carbonyl (C=O) groups excluding carboxylic acids is 1. The Balaban J connectivity index is 1.54. The monoisotopic (exact) mass is 369 g/mol. The molecule has 0 unspecified atom stereocenters. The lowest BCUT2D eigenvalue weighted by atomic mass is 9.95. The maximum Gasteiger partial charge on any atom is 0.228 e. The highest BCUT2D eigenvalue weighted by Crippen LogP contribution is 2.28. The van der Waals surface area contributed by atoms with Gasteiger partial charge in [-0.15, -0.1) is 0 Å². The SMILES string of the molecule is COc1ccc(CC(=O)Nc2ccc(NC3CCCCC3)nc2)cc1OC. The van der Waals surface area contributed by atoms with E-state index in [2.05, 4.69) is 15.6 Å². The van der Waals surface area contributed by atoms with Gasteiger partial charge in [0.1, 0.15) is 5.82 Å². The summed E-state index contributed by atoms with van der Waals surface area (Å²) in [5, 5.41) is 6.36. The highest BCUT2D eigenvalue weighted by molar-refractivity contribution is 5.92. The van der Waals surface area contributed by atoms with E-state index in [1.165, 1.54) is 32.1 Å². The molecule has 1 heterocycles. The minimum absolute atomic E-state index is 0.1000. The van der Waals surface area contributed by atoms with Gasteiger partial charge in [0, 0.05) is 6.04 Å². The molecule has 1 saturated carbocycles. The molecule has 6 heteroatoms. The molecule has 1 aliphatic carbocycles. The van der Waals surface area contributed by atoms with Crippen LogP contribution >= 0.6 is 0 Å². The Labute approximate surface area is 160 Å². The lowest BCUT2D eigenvalue weighted by molar-refractivity contribution is -0.115. The number of ether oxygens (including phenoxy) is 2. The summed E-state index contributed by atoms with van der Waals surface area (Å²) in [4.78, 5) is 16.7. The molecule has 1 aromatic heterocycles. The number of nitrogens with zero attached hydrogens (tertiary/aromatic N) is 1. The van der Waals surface area contributed by atoms with E-state index in [-0.39, 0.29) is 12.3 Å². The first-order chi connectivity index (χ1) is 13.2. The van der Waals surface area contributed by atoms with E-state index in [4.69, 9.17) is 9.47 Å². The van der Waals surface area contributed by atoms with Gasteiger partial charge in [-0.05, 0) is 42.7 Å². The average molecular weight is 369 g/mol. The van der Waals surface area contributed by atoms with Gasteiger partial charge in [0.05, 0.1) is 32.5 Å². The lowest BCUT2D eigenvalue weighted by Gasteiger charge is -2.23. The standard InChI is InChI=1S/C21H27N3O3/c1-26-18-10-8-15(12-19(18)27-2)13-21(25)24-17-9-11-20(22-14-17)23-16-6-4-3-5-7-16/h8-12,14,16H,3-7,13H2,1-2H3,(H,22,23)(H,24,25). The zero-order chi connectivity index (χ0) is 19.1. The number of carbonyl (C=O) groups is 1. The Bertz CT molecular complexity index is 756. The lowest BCUT2D eigenvalue weighted by Crippen LogP contribution is -2.22. The van der Waals surface area contributed by atoms with Gasteiger partial charge in [-0.1, -0.05) is 25.3 Å². The van der Waals surface area contributed by atoms with Crippen molar-refractivity contribution in [2.75, 3.05) is 24.9 Å². The summed E-state index contributed by atoms with van der Waals surface area (Å²) < 4.78 is 10.5. The van der Waals surface area contributed by atoms with E-state index < -0.39 is 0 Å². The largest absolute Gasteiger partial charge is 0.493 e. The van der Waals surface area contributed by atoms with Crippen LogP contribution in [0.4, 0.5) is 11.5 Å². The van der Waals surface area contributed by atoms with Crippen molar-refractivity contribution in [3.8, 4) is 11.5 Å². The molecule has 144 valence electrons. The Morgan fingerprint density at radius 3 is 2.52 bits per heavy atom. The predicted molar refractivity (Wildman–Crippen MR) is 107 cm³/mol. The quantitative estimate of drug-likeness (QED) is 0.771. The topological polar surface area (TPSA) is 72.5 Å². The van der Waals surface area contributed by atoms with E-state index >= 15 is 0 Å². The van der Waals surface area contributed by atoms with Crippen molar-refractivity contribution >= 4 is 17.4 Å². The van der Waals surface area contributed by atoms with Gasteiger partial charge in [-0.2, -0.15) is 0 Å². The summed E-state index contributed by atoms with van der Waals surface area (Å²) in [6.07, 6.45) is 8.23. The van der Waals surface area contributed by atoms with Gasteiger partial charge < -0.3 is 20.1 Å². The van der Waals surface area contributed by atoms with Crippen LogP contribution in [-0.2, 0) is 11.2 Å². The molecule has 0 saturated heterocycles. The van der Waals surface area contributed by atoms with Crippen LogP contribution in [0.25, 0.3) is 0 Å². The second-order valence-corrected chi connectivity index (χ2v) is 6.83. The van der Waals surface area contributed by atoms with Crippen molar-refractivity contribution in [2.24, 2.45) is 0 Å². The molecule has 1 aliphatic rings. The number of benzene rings is 1. The Kier molecular flexibility index (Phi) is 6.52. The van der Waals surface area contributed by atoms with Crippen LogP contribution in [0.15, 0.2) is 36.5 Å². The summed E-state index contributed by atoms with van der Waals surface area (Å²) in [6.45, 7) is 0. The van der Waals surface area contributed by atoms with Crippen molar-refractivity contribution in [1.82, 2.24) is 4.98 Å². The van der Waals surface area contributed by atoms with Crippen molar-refractivity contribution in [3.63, 3.8) is 0 Å². The molecule has 0 aliphatic heterocycles. The maximum absolute atomic E-state index is 12.3. The second kappa shape index (κ2) is 9.26. The summed E-state index contributed by atoms with van der Waals surface area (Å²) in [5.41, 5.74) is 1.54. The summed E-state index contributed by atoms with van der Waals surface area (Å²) >= 11 is 0. The number of rotatable bonds is 7. The van der Waals surface area contributed by atoms with E-state index in [1.54, 1.807) is 26.5 Å². The van der Waals surface area contributed by atoms with Crippen LogP contribution < -0.4 is 20.1 Å². The van der Waals surface area contributed by atoms with Gasteiger partial charge in [-0.25, -0.2) is 4.98 Å². The minimum atomic E-state index is -0.1000. The second-order valence-electron chi connectivity index (χ2n) is 6.83. The molecular formula is C21H27N3O3. The first-order valence-corrected chi connectivity index (χ1v) is 9.41. The molecular weight excluding hydrogens is 342 g/mol. The van der Waals surface area contributed by atoms with Crippen molar-refractivity contribution < 1.29 is 14.3 Å². The normalized spacial score (nSPS) is 14.4. The highest BCUT2D eigenvalue weighted by atomic mass is 16.5. The zero-order valence-corrected chi connectivity index (χ0v) is 16.0.